The molecule has 0 aromatic carbocycles. The van der Waals surface area contributed by atoms with Crippen molar-refractivity contribution < 1.29 is 9.59 Å². The summed E-state index contributed by atoms with van der Waals surface area (Å²) in [5.74, 6) is -0.669. The zero-order valence-electron chi connectivity index (χ0n) is 11.1. The normalized spacial score (nSPS) is 37.0. The number of halogens is 2. The van der Waals surface area contributed by atoms with Crippen LogP contribution < -0.4 is 10.6 Å². The first-order valence-corrected chi connectivity index (χ1v) is 7.96. The number of amides is 1. The number of hydrogen-bond donors (Lipinski definition) is 2. The Kier molecular flexibility index (Phi) is 3.55. The van der Waals surface area contributed by atoms with Crippen LogP contribution in [-0.4, -0.2) is 30.3 Å². The van der Waals surface area contributed by atoms with Gasteiger partial charge in [-0.3, -0.25) is 9.59 Å². The van der Waals surface area contributed by atoms with Crippen molar-refractivity contribution in [3.05, 3.63) is 21.2 Å². The third-order valence-electron chi connectivity index (χ3n) is 4.74. The molecule has 0 aromatic rings. The van der Waals surface area contributed by atoms with E-state index in [1.54, 1.807) is 0 Å². The molecule has 2 aliphatic carbocycles. The fourth-order valence-corrected chi connectivity index (χ4v) is 4.53. The highest BCUT2D eigenvalue weighted by atomic mass is 79.9. The Morgan fingerprint density at radius 3 is 2.65 bits per heavy atom. The molecule has 6 heteroatoms. The molecule has 1 saturated carbocycles. The lowest BCUT2D eigenvalue weighted by molar-refractivity contribution is -0.119. The van der Waals surface area contributed by atoms with Crippen LogP contribution >= 0.6 is 27.5 Å². The molecule has 3 rings (SSSR count). The van der Waals surface area contributed by atoms with Crippen molar-refractivity contribution in [1.29, 1.82) is 0 Å². The zero-order valence-corrected chi connectivity index (χ0v) is 13.5. The summed E-state index contributed by atoms with van der Waals surface area (Å²) >= 11 is 9.45. The van der Waals surface area contributed by atoms with Crippen molar-refractivity contribution in [3.8, 4) is 0 Å². The number of ketones is 1. The lowest BCUT2D eigenvalue weighted by Gasteiger charge is -2.41. The molecule has 1 heterocycles. The van der Waals surface area contributed by atoms with E-state index in [9.17, 15) is 9.59 Å². The maximum atomic E-state index is 12.5. The van der Waals surface area contributed by atoms with Gasteiger partial charge in [0.2, 0.25) is 5.91 Å². The van der Waals surface area contributed by atoms with Gasteiger partial charge in [-0.2, -0.15) is 0 Å². The molecular formula is C14H16BrClN2O2. The second kappa shape index (κ2) is 4.97. The monoisotopic (exact) mass is 358 g/mol. The zero-order chi connectivity index (χ0) is 14.5. The van der Waals surface area contributed by atoms with Gasteiger partial charge >= 0.3 is 0 Å². The van der Waals surface area contributed by atoms with Crippen LogP contribution in [0.5, 0.6) is 0 Å². The van der Waals surface area contributed by atoms with Crippen LogP contribution in [0.2, 0.25) is 0 Å². The highest BCUT2D eigenvalue weighted by molar-refractivity contribution is 9.12. The minimum absolute atomic E-state index is 0.0364. The first-order chi connectivity index (χ1) is 9.48. The molecule has 1 saturated heterocycles. The standard InChI is InChI=1S/C14H16BrClN2O2/c1-17-7-2-4-14(5-3-7)11-10(13(20)18-14)9(16)6-8(15)12(11)19/h6-7,11,17H,2-5H2,1H3,(H,18,20). The number of nitrogens with one attached hydrogen (secondary N) is 2. The van der Waals surface area contributed by atoms with Crippen molar-refractivity contribution in [2.24, 2.45) is 5.92 Å². The van der Waals surface area contributed by atoms with Gasteiger partial charge in [0.05, 0.1) is 21.0 Å². The van der Waals surface area contributed by atoms with Gasteiger partial charge < -0.3 is 10.6 Å². The molecule has 0 bridgehead atoms. The molecule has 3 aliphatic rings. The average molecular weight is 360 g/mol. The number of carbonyl (C=O) groups excluding carboxylic acids is 2. The van der Waals surface area contributed by atoms with Crippen LogP contribution in [0.15, 0.2) is 21.2 Å². The quantitative estimate of drug-likeness (QED) is 0.753. The number of carbonyl (C=O) groups is 2. The summed E-state index contributed by atoms with van der Waals surface area (Å²) < 4.78 is 0.461. The van der Waals surface area contributed by atoms with Gasteiger partial charge in [-0.15, -0.1) is 0 Å². The van der Waals surface area contributed by atoms with E-state index in [0.29, 0.717) is 21.1 Å². The summed E-state index contributed by atoms with van der Waals surface area (Å²) in [7, 11) is 1.95. The van der Waals surface area contributed by atoms with E-state index in [1.807, 2.05) is 7.05 Å². The number of Topliss-reactive ketones (excluding diaryl/α,β-unsaturated/α-hetero) is 1. The van der Waals surface area contributed by atoms with Gasteiger partial charge in [0.1, 0.15) is 0 Å². The summed E-state index contributed by atoms with van der Waals surface area (Å²) in [4.78, 5) is 24.7. The van der Waals surface area contributed by atoms with E-state index >= 15 is 0 Å². The third kappa shape index (κ3) is 1.98. The topological polar surface area (TPSA) is 58.2 Å². The van der Waals surface area contributed by atoms with Gasteiger partial charge in [-0.05, 0) is 54.7 Å². The number of rotatable bonds is 1. The van der Waals surface area contributed by atoms with E-state index in [4.69, 9.17) is 11.6 Å². The number of allylic oxidation sites excluding steroid dienone is 3. The Hall–Kier alpha value is -0.650. The second-order valence-electron chi connectivity index (χ2n) is 5.72. The summed E-state index contributed by atoms with van der Waals surface area (Å²) in [6.45, 7) is 0. The van der Waals surface area contributed by atoms with Gasteiger partial charge in [-0.1, -0.05) is 11.6 Å². The lowest BCUT2D eigenvalue weighted by Crippen LogP contribution is -2.53. The molecule has 0 aromatic heterocycles. The predicted octanol–water partition coefficient (Wildman–Crippen LogP) is 1.99. The molecule has 1 aliphatic heterocycles. The molecule has 4 nitrogen and oxygen atoms in total. The van der Waals surface area contributed by atoms with Crippen LogP contribution in [0.1, 0.15) is 25.7 Å². The average Bonchev–Trinajstić information content (AvgIpc) is 2.70. The Bertz CT molecular complexity index is 547. The van der Waals surface area contributed by atoms with E-state index in [2.05, 4.69) is 26.6 Å². The Morgan fingerprint density at radius 2 is 2.05 bits per heavy atom. The van der Waals surface area contributed by atoms with Crippen LogP contribution in [0.4, 0.5) is 0 Å². The van der Waals surface area contributed by atoms with Gasteiger partial charge in [0, 0.05) is 11.6 Å². The molecule has 1 spiro atoms. The summed E-state index contributed by atoms with van der Waals surface area (Å²) in [5, 5.41) is 6.70. The highest BCUT2D eigenvalue weighted by Crippen LogP contribution is 2.48. The number of hydrogen-bond acceptors (Lipinski definition) is 3. The summed E-state index contributed by atoms with van der Waals surface area (Å²) in [5.41, 5.74) is -0.00708. The van der Waals surface area contributed by atoms with Gasteiger partial charge in [0.25, 0.3) is 0 Å². The maximum Gasteiger partial charge on any atom is 0.250 e. The molecule has 2 N–H and O–H groups in total. The van der Waals surface area contributed by atoms with Gasteiger partial charge in [-0.25, -0.2) is 0 Å². The van der Waals surface area contributed by atoms with Crippen molar-refractivity contribution >= 4 is 39.2 Å². The fourth-order valence-electron chi connectivity index (χ4n) is 3.63. The second-order valence-corrected chi connectivity index (χ2v) is 6.99. The summed E-state index contributed by atoms with van der Waals surface area (Å²) in [6, 6.07) is 0.457. The van der Waals surface area contributed by atoms with Crippen LogP contribution in [-0.2, 0) is 9.59 Å². The molecule has 2 fully saturated rings. The molecule has 20 heavy (non-hydrogen) atoms. The Labute approximate surface area is 131 Å². The molecule has 0 radical (unpaired) electrons. The SMILES string of the molecule is CNC1CCC2(CC1)NC(=O)C1=C(Cl)C=C(Br)C(=O)C12. The summed E-state index contributed by atoms with van der Waals surface area (Å²) in [6.07, 6.45) is 5.04. The first-order valence-electron chi connectivity index (χ1n) is 6.79. The molecule has 1 amide bonds. The maximum absolute atomic E-state index is 12.5. The smallest absolute Gasteiger partial charge is 0.250 e. The van der Waals surface area contributed by atoms with Gasteiger partial charge in [0.15, 0.2) is 5.78 Å². The fraction of sp³-hybridized carbons (Fsp3) is 0.571. The van der Waals surface area contributed by atoms with E-state index in [-0.39, 0.29) is 11.7 Å². The molecular weight excluding hydrogens is 344 g/mol. The first kappa shape index (κ1) is 14.3. The third-order valence-corrected chi connectivity index (χ3v) is 5.68. The lowest BCUT2D eigenvalue weighted by atomic mass is 9.69. The number of fused-ring (bicyclic) bond motifs is 2. The van der Waals surface area contributed by atoms with Crippen molar-refractivity contribution in [3.63, 3.8) is 0 Å². The van der Waals surface area contributed by atoms with Crippen LogP contribution in [0.3, 0.4) is 0 Å². The van der Waals surface area contributed by atoms with E-state index in [1.165, 1.54) is 6.08 Å². The van der Waals surface area contributed by atoms with Crippen LogP contribution in [0, 0.1) is 5.92 Å². The van der Waals surface area contributed by atoms with Crippen molar-refractivity contribution in [1.82, 2.24) is 10.6 Å². The minimum atomic E-state index is -0.454. The largest absolute Gasteiger partial charge is 0.346 e. The molecule has 1 unspecified atom stereocenters. The van der Waals surface area contributed by atoms with Crippen LogP contribution in [0.25, 0.3) is 0 Å². The molecule has 108 valence electrons. The Balaban J connectivity index is 1.99. The van der Waals surface area contributed by atoms with Crippen molar-refractivity contribution in [2.75, 3.05) is 7.05 Å². The Morgan fingerprint density at radius 1 is 1.40 bits per heavy atom. The predicted molar refractivity (Wildman–Crippen MR) is 80.6 cm³/mol. The minimum Gasteiger partial charge on any atom is -0.346 e. The van der Waals surface area contributed by atoms with Crippen molar-refractivity contribution in [2.45, 2.75) is 37.3 Å². The van der Waals surface area contributed by atoms with E-state index < -0.39 is 11.5 Å². The molecule has 1 atom stereocenters. The highest BCUT2D eigenvalue weighted by Gasteiger charge is 2.56. The van der Waals surface area contributed by atoms with E-state index in [0.717, 1.165) is 25.7 Å².